The Kier molecular flexibility index (Phi) is 11.5. The van der Waals surface area contributed by atoms with Gasteiger partial charge in [0.05, 0.1) is 0 Å². The molecule has 0 aromatic carbocycles. The van der Waals surface area contributed by atoms with Crippen molar-refractivity contribution in [2.24, 2.45) is 0 Å². The Morgan fingerprint density at radius 2 is 1.29 bits per heavy atom. The first-order chi connectivity index (χ1) is 2.00. The maximum absolute atomic E-state index is 8.74. The molecule has 0 bridgehead atoms. The van der Waals surface area contributed by atoms with Crippen molar-refractivity contribution in [1.82, 2.24) is 0 Å². The van der Waals surface area contributed by atoms with E-state index >= 15 is 0 Å². The fourth-order valence-corrected chi connectivity index (χ4v) is 0. The fourth-order valence-electron chi connectivity index (χ4n) is 0. The van der Waals surface area contributed by atoms with Crippen molar-refractivity contribution >= 4 is 27.8 Å². The van der Waals surface area contributed by atoms with E-state index in [0.29, 0.717) is 0 Å². The minimum absolute atomic E-state index is 0. The van der Waals surface area contributed by atoms with Crippen molar-refractivity contribution in [3.05, 3.63) is 0 Å². The van der Waals surface area contributed by atoms with Crippen LogP contribution in [-0.2, 0) is 10.4 Å². The van der Waals surface area contributed by atoms with Crippen LogP contribution in [-0.4, -0.2) is 34.9 Å². The van der Waals surface area contributed by atoms with E-state index in [2.05, 4.69) is 0 Å². The van der Waals surface area contributed by atoms with Crippen molar-refractivity contribution in [2.75, 3.05) is 0 Å². The van der Waals surface area contributed by atoms with Gasteiger partial charge in [-0.3, -0.25) is 9.11 Å². The van der Waals surface area contributed by atoms with E-state index in [0.717, 1.165) is 0 Å². The van der Waals surface area contributed by atoms with Gasteiger partial charge in [-0.2, -0.15) is 8.42 Å². The molecule has 0 radical (unpaired) electrons. The number of hydrogen-bond acceptors (Lipinski definition) is 2. The van der Waals surface area contributed by atoms with Crippen LogP contribution in [0.4, 0.5) is 0 Å². The quantitative estimate of drug-likeness (QED) is 0.259. The van der Waals surface area contributed by atoms with E-state index in [9.17, 15) is 0 Å². The molecule has 0 unspecified atom stereocenters. The summed E-state index contributed by atoms with van der Waals surface area (Å²) in [5.74, 6) is 0. The van der Waals surface area contributed by atoms with Crippen LogP contribution in [0.2, 0.25) is 0 Å². The van der Waals surface area contributed by atoms with Gasteiger partial charge in [0.2, 0.25) is 0 Å². The van der Waals surface area contributed by atoms with E-state index in [-0.39, 0.29) is 37.6 Å². The summed E-state index contributed by atoms with van der Waals surface area (Å²) < 4.78 is 31.6. The molecule has 0 saturated heterocycles. The van der Waals surface area contributed by atoms with Gasteiger partial charge in [-0.15, -0.1) is 0 Å². The molecule has 0 saturated carbocycles. The minimum atomic E-state index is -4.67. The molecule has 7 heteroatoms. The van der Waals surface area contributed by atoms with Gasteiger partial charge >= 0.3 is 29.3 Å². The average Bonchev–Trinajstić information content (AvgIpc) is 0.722. The molecule has 0 aliphatic rings. The summed E-state index contributed by atoms with van der Waals surface area (Å²) in [6.45, 7) is 0. The van der Waals surface area contributed by atoms with Crippen LogP contribution >= 0.6 is 0 Å². The van der Waals surface area contributed by atoms with Crippen LogP contribution in [0, 0.1) is 0 Å². The summed E-state index contributed by atoms with van der Waals surface area (Å²) in [6, 6.07) is 0. The third-order valence-corrected chi connectivity index (χ3v) is 0. The Balaban J connectivity index is -0.0000000267. The molecule has 0 spiro atoms. The van der Waals surface area contributed by atoms with Crippen LogP contribution in [0.1, 0.15) is 1.43 Å². The second-order valence-corrected chi connectivity index (χ2v) is 1.34. The molecule has 0 atom stereocenters. The molecule has 0 aliphatic heterocycles. The number of hydrogen-bond donors (Lipinski definition) is 2. The van der Waals surface area contributed by atoms with Crippen molar-refractivity contribution < 1.29 is 37.8 Å². The van der Waals surface area contributed by atoms with Gasteiger partial charge in [0.25, 0.3) is 0 Å². The van der Waals surface area contributed by atoms with Crippen LogP contribution in [0.15, 0.2) is 0 Å². The summed E-state index contributed by atoms with van der Waals surface area (Å²) in [5.41, 5.74) is 0. The molecule has 40 valence electrons. The van der Waals surface area contributed by atoms with Gasteiger partial charge in [0.1, 0.15) is 0 Å². The van der Waals surface area contributed by atoms with Gasteiger partial charge in [-0.25, -0.2) is 0 Å². The summed E-state index contributed by atoms with van der Waals surface area (Å²) in [4.78, 5) is 0. The van der Waals surface area contributed by atoms with Crippen molar-refractivity contribution in [1.29, 1.82) is 0 Å². The topological polar surface area (TPSA) is 74.6 Å². The minimum Gasteiger partial charge on any atom is -1.00 e. The third-order valence-electron chi connectivity index (χ3n) is 0. The second kappa shape index (κ2) is 5.14. The Morgan fingerprint density at radius 3 is 1.29 bits per heavy atom. The predicted octanol–water partition coefficient (Wildman–Crippen LogP) is -4.72. The first kappa shape index (κ1) is 15.7. The zero-order valence-electron chi connectivity index (χ0n) is 4.12. The van der Waals surface area contributed by atoms with Crippen molar-refractivity contribution in [2.45, 2.75) is 0 Å². The monoisotopic (exact) mass is 136 g/mol. The number of rotatable bonds is 0. The van der Waals surface area contributed by atoms with E-state index < -0.39 is 10.4 Å². The third kappa shape index (κ3) is 175. The Morgan fingerprint density at radius 1 is 1.29 bits per heavy atom. The first-order valence-corrected chi connectivity index (χ1v) is 2.10. The SMILES string of the molecule is O=S(=O)(O)O.[AlH3].[H-].[Li+]. The van der Waals surface area contributed by atoms with E-state index in [1.165, 1.54) is 0 Å². The standard InChI is InChI=1S/Al.Li.H2O4S.4H/c;;1-5(2,3)4;;;;/h;;(H2,1,2,3,4);;;;/q;+1;;;;;-1. The molecule has 7 heavy (non-hydrogen) atoms. The Labute approximate surface area is 65.7 Å². The Bertz CT molecular complexity index is 99.2. The summed E-state index contributed by atoms with van der Waals surface area (Å²) in [7, 11) is -4.67. The van der Waals surface area contributed by atoms with Gasteiger partial charge in [0.15, 0.2) is 17.4 Å². The van der Waals surface area contributed by atoms with Gasteiger partial charge < -0.3 is 1.43 Å². The predicted molar refractivity (Wildman–Crippen MR) is 25.2 cm³/mol. The van der Waals surface area contributed by atoms with Crippen molar-refractivity contribution in [3.8, 4) is 0 Å². The summed E-state index contributed by atoms with van der Waals surface area (Å²) >= 11 is 0. The molecule has 0 rings (SSSR count). The molecule has 0 aliphatic carbocycles. The van der Waals surface area contributed by atoms with Gasteiger partial charge in [0, 0.05) is 0 Å². The van der Waals surface area contributed by atoms with Gasteiger partial charge in [-0.1, -0.05) is 0 Å². The maximum Gasteiger partial charge on any atom is 1.00 e. The molecule has 0 fully saturated rings. The van der Waals surface area contributed by atoms with Crippen LogP contribution in [0.5, 0.6) is 0 Å². The molecule has 4 nitrogen and oxygen atoms in total. The van der Waals surface area contributed by atoms with Crippen LogP contribution in [0.3, 0.4) is 0 Å². The molecule has 0 amide bonds. The molecule has 0 aromatic heterocycles. The van der Waals surface area contributed by atoms with Crippen LogP contribution in [0.25, 0.3) is 0 Å². The molecular weight excluding hydrogens is 130 g/mol. The van der Waals surface area contributed by atoms with E-state index in [4.69, 9.17) is 17.5 Å². The molecule has 0 aromatic rings. The molecular formula is H6AlLiO4S. The zero-order chi connectivity index (χ0) is 4.50. The summed E-state index contributed by atoms with van der Waals surface area (Å²) in [5, 5.41) is 0. The molecule has 0 heterocycles. The largest absolute Gasteiger partial charge is 1.00 e. The fraction of sp³-hybridized carbons (Fsp3) is 0. The van der Waals surface area contributed by atoms with Crippen LogP contribution < -0.4 is 18.9 Å². The zero-order valence-corrected chi connectivity index (χ0v) is 3.94. The molecule has 2 N–H and O–H groups in total. The Hall–Kier alpha value is 1.000. The average molecular weight is 136 g/mol. The smallest absolute Gasteiger partial charge is 1.00 e. The van der Waals surface area contributed by atoms with Gasteiger partial charge in [-0.05, 0) is 0 Å². The second-order valence-electron chi connectivity index (χ2n) is 0.448. The van der Waals surface area contributed by atoms with E-state index in [1.54, 1.807) is 0 Å². The summed E-state index contributed by atoms with van der Waals surface area (Å²) in [6.07, 6.45) is 0. The normalized spacial score (nSPS) is 8.29. The van der Waals surface area contributed by atoms with E-state index in [1.807, 2.05) is 0 Å². The maximum atomic E-state index is 8.74. The first-order valence-electron chi connectivity index (χ1n) is 0.698. The van der Waals surface area contributed by atoms with Crippen molar-refractivity contribution in [3.63, 3.8) is 0 Å².